The van der Waals surface area contributed by atoms with Gasteiger partial charge >= 0.3 is 18.2 Å². The van der Waals surface area contributed by atoms with E-state index in [9.17, 15) is 22.8 Å². The number of halogens is 4. The molecule has 2 fully saturated rings. The number of hydrogen-bond acceptors (Lipinski definition) is 10. The number of aryl methyl sites for hydroxylation is 1. The summed E-state index contributed by atoms with van der Waals surface area (Å²) < 4.78 is 61.7. The number of rotatable bonds is 9. The number of alkyl halides is 3. The summed E-state index contributed by atoms with van der Waals surface area (Å²) in [5.74, 6) is -0.845. The Morgan fingerprint density at radius 2 is 1.80 bits per heavy atom. The van der Waals surface area contributed by atoms with Gasteiger partial charge < -0.3 is 24.8 Å². The quantitative estimate of drug-likeness (QED) is 0.192. The monoisotopic (exact) mass is 727 g/mol. The predicted octanol–water partition coefficient (Wildman–Crippen LogP) is 6.45. The fraction of sp³-hybridized carbons (Fsp3) is 0.400. The van der Waals surface area contributed by atoms with Crippen LogP contribution in [0.1, 0.15) is 49.1 Å². The topological polar surface area (TPSA) is 138 Å². The molecule has 2 atom stereocenters. The van der Waals surface area contributed by atoms with E-state index < -0.39 is 35.8 Å². The lowest BCUT2D eigenvalue weighted by Gasteiger charge is -2.39. The molecule has 6 rings (SSSR count). The number of anilines is 2. The third kappa shape index (κ3) is 8.14. The molecule has 4 aromatic rings. The summed E-state index contributed by atoms with van der Waals surface area (Å²) in [5, 5.41) is 4.49. The summed E-state index contributed by atoms with van der Waals surface area (Å²) >= 11 is 6.17. The zero-order valence-electron chi connectivity index (χ0n) is 28.0. The summed E-state index contributed by atoms with van der Waals surface area (Å²) in [6, 6.07) is 15.4. The Morgan fingerprint density at radius 3 is 2.47 bits per heavy atom. The summed E-state index contributed by atoms with van der Waals surface area (Å²) in [6.45, 7) is 4.76. The van der Waals surface area contributed by atoms with Crippen molar-refractivity contribution in [2.24, 2.45) is 5.41 Å². The summed E-state index contributed by atoms with van der Waals surface area (Å²) in [4.78, 5) is 37.8. The Kier molecular flexibility index (Phi) is 10.3. The van der Waals surface area contributed by atoms with Crippen LogP contribution in [0.25, 0.3) is 5.69 Å². The number of nitrogens with two attached hydrogens (primary N) is 1. The Labute approximate surface area is 297 Å². The Balaban J connectivity index is 1.19. The van der Waals surface area contributed by atoms with Crippen molar-refractivity contribution in [2.75, 3.05) is 36.9 Å². The highest BCUT2D eigenvalue weighted by atomic mass is 35.5. The molecule has 2 saturated heterocycles. The number of carbonyl (C=O) groups excluding carboxylic acids is 2. The molecule has 0 aliphatic carbocycles. The van der Waals surface area contributed by atoms with Crippen LogP contribution in [0.2, 0.25) is 5.02 Å². The third-order valence-corrected chi connectivity index (χ3v) is 9.38. The fourth-order valence-corrected chi connectivity index (χ4v) is 6.80. The minimum atomic E-state index is -4.85. The van der Waals surface area contributed by atoms with E-state index in [-0.39, 0.29) is 53.7 Å². The number of nitrogen functional groups attached to an aromatic ring is 1. The lowest BCUT2D eigenvalue weighted by atomic mass is 9.76. The number of piperidine rings is 1. The number of benzene rings is 2. The molecular weight excluding hydrogens is 691 g/mol. The summed E-state index contributed by atoms with van der Waals surface area (Å²) in [5.41, 5.74) is 6.87. The average molecular weight is 728 g/mol. The number of hydrogen-bond donors (Lipinski definition) is 1. The molecule has 2 aliphatic rings. The Morgan fingerprint density at radius 1 is 1.06 bits per heavy atom. The second-order valence-corrected chi connectivity index (χ2v) is 13.1. The first-order valence-electron chi connectivity index (χ1n) is 16.4. The highest BCUT2D eigenvalue weighted by Gasteiger charge is 2.51. The van der Waals surface area contributed by atoms with Gasteiger partial charge in [0.2, 0.25) is 17.9 Å². The minimum absolute atomic E-state index is 0.0590. The minimum Gasteiger partial charge on any atom is -0.464 e. The van der Waals surface area contributed by atoms with Crippen LogP contribution >= 0.6 is 11.6 Å². The zero-order chi connectivity index (χ0) is 36.3. The van der Waals surface area contributed by atoms with Gasteiger partial charge in [-0.15, -0.1) is 0 Å². The van der Waals surface area contributed by atoms with Crippen LogP contribution in [-0.4, -0.2) is 75.2 Å². The van der Waals surface area contributed by atoms with Gasteiger partial charge in [-0.25, -0.2) is 14.3 Å². The van der Waals surface area contributed by atoms with Gasteiger partial charge in [0.25, 0.3) is 0 Å². The van der Waals surface area contributed by atoms with Crippen molar-refractivity contribution in [1.29, 1.82) is 0 Å². The first kappa shape index (κ1) is 35.8. The van der Waals surface area contributed by atoms with E-state index in [1.54, 1.807) is 19.9 Å². The maximum Gasteiger partial charge on any atom is 0.429 e. The number of likely N-dealkylation sites (tertiary alicyclic amines) is 1. The molecule has 1 spiro atoms. The fourth-order valence-electron chi connectivity index (χ4n) is 6.64. The van der Waals surface area contributed by atoms with Crippen molar-refractivity contribution in [2.45, 2.75) is 58.0 Å². The highest BCUT2D eigenvalue weighted by Crippen LogP contribution is 2.45. The van der Waals surface area contributed by atoms with Crippen LogP contribution in [0, 0.1) is 12.3 Å². The largest absolute Gasteiger partial charge is 0.464 e. The molecule has 2 aliphatic heterocycles. The number of nitrogens with zero attached hydrogens (tertiary/aromatic N) is 6. The molecule has 4 heterocycles. The smallest absolute Gasteiger partial charge is 0.429 e. The van der Waals surface area contributed by atoms with Crippen LogP contribution in [0.4, 0.5) is 29.7 Å². The Bertz CT molecular complexity index is 1870. The van der Waals surface area contributed by atoms with E-state index in [0.29, 0.717) is 38.0 Å². The first-order chi connectivity index (χ1) is 24.3. The molecule has 2 N–H and O–H groups in total. The van der Waals surface area contributed by atoms with Crippen molar-refractivity contribution in [3.05, 3.63) is 88.7 Å². The summed E-state index contributed by atoms with van der Waals surface area (Å²) in [7, 11) is 0. The number of aromatic nitrogens is 4. The first-order valence-corrected chi connectivity index (χ1v) is 16.8. The van der Waals surface area contributed by atoms with Gasteiger partial charge in [0.05, 0.1) is 18.0 Å². The van der Waals surface area contributed by atoms with E-state index in [0.717, 1.165) is 5.56 Å². The molecule has 1 amide bonds. The van der Waals surface area contributed by atoms with Gasteiger partial charge in [0.15, 0.2) is 0 Å². The predicted molar refractivity (Wildman–Crippen MR) is 181 cm³/mol. The number of carbonyl (C=O) groups is 2. The zero-order valence-corrected chi connectivity index (χ0v) is 28.7. The maximum atomic E-state index is 14.6. The standard InChI is InChI=1S/C35H37ClF3N7O5/c1-3-49-31(47)27-19-34(21-45(27)33(48)50-20-23-7-5-4-6-8-23)12-15-44(16-13-34)28-18-29(42-32(40)41-28)51-30(35(37,38)39)25-10-9-24(36)17-26(25)46-14-11-22(2)43-46/h4-11,14,17-18,27,30H,3,12-13,15-16,19-21H2,1-2H3,(H2,40,41,42)/t27-,30+/m1/s1. The maximum absolute atomic E-state index is 14.6. The van der Waals surface area contributed by atoms with Crippen molar-refractivity contribution in [1.82, 2.24) is 24.6 Å². The normalized spacial score (nSPS) is 17.7. The molecule has 0 unspecified atom stereocenters. The van der Waals surface area contributed by atoms with Crippen LogP contribution in [0.5, 0.6) is 5.88 Å². The van der Waals surface area contributed by atoms with Gasteiger partial charge in [-0.3, -0.25) is 4.90 Å². The molecule has 0 bridgehead atoms. The number of ether oxygens (including phenoxy) is 3. The van der Waals surface area contributed by atoms with Crippen molar-refractivity contribution in [3.8, 4) is 11.6 Å². The van der Waals surface area contributed by atoms with Crippen LogP contribution in [0.15, 0.2) is 66.9 Å². The van der Waals surface area contributed by atoms with E-state index in [1.165, 1.54) is 40.0 Å². The molecule has 2 aromatic carbocycles. The molecule has 0 saturated carbocycles. The molecule has 16 heteroatoms. The van der Waals surface area contributed by atoms with Crippen LogP contribution in [-0.2, 0) is 20.9 Å². The van der Waals surface area contributed by atoms with E-state index in [1.807, 2.05) is 35.2 Å². The second-order valence-electron chi connectivity index (χ2n) is 12.7. The molecule has 2 aromatic heterocycles. The van der Waals surface area contributed by atoms with Crippen LogP contribution < -0.4 is 15.4 Å². The van der Waals surface area contributed by atoms with Gasteiger partial charge in [-0.05, 0) is 62.3 Å². The second kappa shape index (κ2) is 14.7. The average Bonchev–Trinajstić information content (AvgIpc) is 3.70. The van der Waals surface area contributed by atoms with Gasteiger partial charge in [-0.1, -0.05) is 48.0 Å². The highest BCUT2D eigenvalue weighted by molar-refractivity contribution is 6.30. The molecule has 0 radical (unpaired) electrons. The SMILES string of the molecule is CCOC(=O)[C@H]1CC2(CCN(c3cc(O[C@@H](c4ccc(Cl)cc4-n4ccc(C)n4)C(F)(F)F)nc(N)n3)CC2)CN1C(=O)OCc1ccccc1. The van der Waals surface area contributed by atoms with Crippen molar-refractivity contribution >= 4 is 35.4 Å². The van der Waals surface area contributed by atoms with Crippen molar-refractivity contribution < 1.29 is 37.0 Å². The molecule has 51 heavy (non-hydrogen) atoms. The van der Waals surface area contributed by atoms with Crippen LogP contribution in [0.3, 0.4) is 0 Å². The number of esters is 1. The lowest BCUT2D eigenvalue weighted by molar-refractivity contribution is -0.198. The van der Waals surface area contributed by atoms with Crippen molar-refractivity contribution in [3.63, 3.8) is 0 Å². The summed E-state index contributed by atoms with van der Waals surface area (Å²) in [6.07, 6.45) is -4.88. The lowest BCUT2D eigenvalue weighted by Crippen LogP contribution is -2.43. The van der Waals surface area contributed by atoms with E-state index >= 15 is 0 Å². The van der Waals surface area contributed by atoms with Gasteiger partial charge in [0, 0.05) is 42.5 Å². The molecule has 12 nitrogen and oxygen atoms in total. The third-order valence-electron chi connectivity index (χ3n) is 9.14. The molecule has 270 valence electrons. The van der Waals surface area contributed by atoms with E-state index in [2.05, 4.69) is 15.1 Å². The van der Waals surface area contributed by atoms with Gasteiger partial charge in [-0.2, -0.15) is 28.2 Å². The van der Waals surface area contributed by atoms with E-state index in [4.69, 9.17) is 31.5 Å². The molecular formula is C35H37ClF3N7O5. The Hall–Kier alpha value is -5.05. The van der Waals surface area contributed by atoms with Gasteiger partial charge in [0.1, 0.15) is 18.5 Å². The number of amides is 1.